The number of ether oxygens (including phenoxy) is 1. The van der Waals surface area contributed by atoms with Crippen LogP contribution < -0.4 is 5.32 Å². The molecule has 1 aliphatic rings. The summed E-state index contributed by atoms with van der Waals surface area (Å²) in [7, 11) is 0. The van der Waals surface area contributed by atoms with Crippen molar-refractivity contribution in [3.05, 3.63) is 35.4 Å². The highest BCUT2D eigenvalue weighted by Crippen LogP contribution is 2.45. The molecule has 29 heavy (non-hydrogen) atoms. The van der Waals surface area contributed by atoms with Crippen LogP contribution in [0.4, 0.5) is 13.2 Å². The lowest BCUT2D eigenvalue weighted by Gasteiger charge is -2.46. The number of rotatable bonds is 10. The molecule has 2 rings (SSSR count). The van der Waals surface area contributed by atoms with Gasteiger partial charge in [0.25, 0.3) is 0 Å². The number of benzene rings is 1. The van der Waals surface area contributed by atoms with Gasteiger partial charge in [0.2, 0.25) is 0 Å². The number of hydrogen-bond acceptors (Lipinski definition) is 3. The predicted molar refractivity (Wildman–Crippen MR) is 112 cm³/mol. The van der Waals surface area contributed by atoms with Crippen LogP contribution in [0.1, 0.15) is 64.5 Å². The first-order valence-corrected chi connectivity index (χ1v) is 10.9. The van der Waals surface area contributed by atoms with Crippen LogP contribution in [0.25, 0.3) is 0 Å². The molecule has 1 aliphatic heterocycles. The third-order valence-corrected chi connectivity index (χ3v) is 6.14. The van der Waals surface area contributed by atoms with Gasteiger partial charge >= 0.3 is 6.18 Å². The van der Waals surface area contributed by atoms with Crippen LogP contribution >= 0.6 is 0 Å². The zero-order valence-corrected chi connectivity index (χ0v) is 18.4. The lowest BCUT2D eigenvalue weighted by Crippen LogP contribution is -2.45. The largest absolute Gasteiger partial charge is 0.416 e. The quantitative estimate of drug-likeness (QED) is 0.530. The smallest absolute Gasteiger partial charge is 0.376 e. The lowest BCUT2D eigenvalue weighted by molar-refractivity contribution is -0.137. The average molecular weight is 415 g/mol. The van der Waals surface area contributed by atoms with E-state index in [-0.39, 0.29) is 11.0 Å². The van der Waals surface area contributed by atoms with Crippen molar-refractivity contribution in [3.63, 3.8) is 0 Å². The van der Waals surface area contributed by atoms with Gasteiger partial charge in [-0.2, -0.15) is 13.2 Å². The van der Waals surface area contributed by atoms with Crippen molar-refractivity contribution in [1.29, 1.82) is 0 Å². The molecule has 0 radical (unpaired) electrons. The third kappa shape index (κ3) is 6.97. The van der Waals surface area contributed by atoms with E-state index < -0.39 is 11.7 Å². The van der Waals surface area contributed by atoms with Gasteiger partial charge < -0.3 is 15.0 Å². The molecule has 0 aromatic heterocycles. The average Bonchev–Trinajstić information content (AvgIpc) is 2.66. The fourth-order valence-electron chi connectivity index (χ4n) is 4.53. The summed E-state index contributed by atoms with van der Waals surface area (Å²) >= 11 is 0. The van der Waals surface area contributed by atoms with E-state index in [0.717, 1.165) is 70.0 Å². The second-order valence-corrected chi connectivity index (χ2v) is 8.77. The van der Waals surface area contributed by atoms with Gasteiger partial charge in [-0.15, -0.1) is 0 Å². The SMILES string of the molecule is CCN(CC)CCCNCC[C@@]1(c2cccc(C(F)(F)F)c2)CCOC(C)(C)C1. The van der Waals surface area contributed by atoms with Crippen molar-refractivity contribution >= 4 is 0 Å². The molecule has 0 saturated carbocycles. The van der Waals surface area contributed by atoms with Gasteiger partial charge in [-0.1, -0.05) is 32.0 Å². The molecule has 6 heteroatoms. The lowest BCUT2D eigenvalue weighted by atomic mass is 9.67. The van der Waals surface area contributed by atoms with Gasteiger partial charge in [0.1, 0.15) is 0 Å². The fraction of sp³-hybridized carbons (Fsp3) is 0.739. The maximum Gasteiger partial charge on any atom is 0.416 e. The minimum Gasteiger partial charge on any atom is -0.376 e. The van der Waals surface area contributed by atoms with E-state index in [2.05, 4.69) is 24.1 Å². The van der Waals surface area contributed by atoms with Crippen LogP contribution in [0.15, 0.2) is 24.3 Å². The van der Waals surface area contributed by atoms with E-state index in [0.29, 0.717) is 6.61 Å². The van der Waals surface area contributed by atoms with E-state index in [4.69, 9.17) is 4.74 Å². The number of hydrogen-bond donors (Lipinski definition) is 1. The maximum absolute atomic E-state index is 13.3. The molecule has 0 aliphatic carbocycles. The van der Waals surface area contributed by atoms with Crippen LogP contribution in [0.2, 0.25) is 0 Å². The topological polar surface area (TPSA) is 24.5 Å². The molecule has 1 aromatic carbocycles. The molecule has 0 unspecified atom stereocenters. The van der Waals surface area contributed by atoms with Crippen molar-refractivity contribution in [3.8, 4) is 0 Å². The predicted octanol–water partition coefficient (Wildman–Crippen LogP) is 5.24. The third-order valence-electron chi connectivity index (χ3n) is 6.14. The van der Waals surface area contributed by atoms with Gasteiger partial charge in [-0.25, -0.2) is 0 Å². The fourth-order valence-corrected chi connectivity index (χ4v) is 4.53. The minimum atomic E-state index is -4.32. The van der Waals surface area contributed by atoms with E-state index in [9.17, 15) is 13.2 Å². The van der Waals surface area contributed by atoms with Gasteiger partial charge in [0.15, 0.2) is 0 Å². The summed E-state index contributed by atoms with van der Waals surface area (Å²) < 4.78 is 45.7. The van der Waals surface area contributed by atoms with Crippen molar-refractivity contribution in [2.75, 3.05) is 39.3 Å². The summed E-state index contributed by atoms with van der Waals surface area (Å²) in [5.41, 5.74) is -0.413. The van der Waals surface area contributed by atoms with Crippen molar-refractivity contribution < 1.29 is 17.9 Å². The first kappa shape index (κ1) is 24.2. The first-order valence-electron chi connectivity index (χ1n) is 10.9. The molecule has 166 valence electrons. The standard InChI is InChI=1S/C23H37F3N2O/c1-5-28(6-2)15-8-13-27-14-11-22(12-16-29-21(3,4)18-22)19-9-7-10-20(17-19)23(24,25)26/h7,9-10,17,27H,5-6,8,11-16,18H2,1-4H3/t22-/m1/s1. The molecule has 3 nitrogen and oxygen atoms in total. The van der Waals surface area contributed by atoms with Gasteiger partial charge in [0.05, 0.1) is 11.2 Å². The molecule has 0 bridgehead atoms. The van der Waals surface area contributed by atoms with Crippen LogP contribution in [0, 0.1) is 0 Å². The maximum atomic E-state index is 13.3. The molecule has 1 fully saturated rings. The Kier molecular flexibility index (Phi) is 8.56. The van der Waals surface area contributed by atoms with Crippen LogP contribution in [0.5, 0.6) is 0 Å². The molecule has 0 amide bonds. The second kappa shape index (κ2) is 10.3. The molecule has 1 aromatic rings. The molecule has 1 heterocycles. The Hall–Kier alpha value is -1.11. The Morgan fingerprint density at radius 3 is 2.48 bits per heavy atom. The minimum absolute atomic E-state index is 0.297. The van der Waals surface area contributed by atoms with Gasteiger partial charge in [-0.3, -0.25) is 0 Å². The first-order chi connectivity index (χ1) is 13.6. The monoisotopic (exact) mass is 414 g/mol. The van der Waals surface area contributed by atoms with E-state index in [1.807, 2.05) is 19.9 Å². The highest BCUT2D eigenvalue weighted by atomic mass is 19.4. The summed E-state index contributed by atoms with van der Waals surface area (Å²) in [4.78, 5) is 2.40. The summed E-state index contributed by atoms with van der Waals surface area (Å²) in [6.45, 7) is 13.9. The van der Waals surface area contributed by atoms with E-state index >= 15 is 0 Å². The van der Waals surface area contributed by atoms with Gasteiger partial charge in [0, 0.05) is 12.0 Å². The molecule has 0 spiro atoms. The Labute approximate surface area is 174 Å². The number of alkyl halides is 3. The van der Waals surface area contributed by atoms with E-state index in [1.165, 1.54) is 6.07 Å². The van der Waals surface area contributed by atoms with Crippen molar-refractivity contribution in [2.45, 2.75) is 70.6 Å². The Morgan fingerprint density at radius 1 is 1.14 bits per heavy atom. The summed E-state index contributed by atoms with van der Waals surface area (Å²) in [5.74, 6) is 0. The Balaban J connectivity index is 2.06. The second-order valence-electron chi connectivity index (χ2n) is 8.77. The highest BCUT2D eigenvalue weighted by molar-refractivity contribution is 5.33. The highest BCUT2D eigenvalue weighted by Gasteiger charge is 2.42. The normalized spacial score (nSPS) is 22.2. The summed E-state index contributed by atoms with van der Waals surface area (Å²) in [6.07, 6.45) is -0.957. The van der Waals surface area contributed by atoms with E-state index in [1.54, 1.807) is 6.07 Å². The Morgan fingerprint density at radius 2 is 1.86 bits per heavy atom. The van der Waals surface area contributed by atoms with Crippen LogP contribution in [0.3, 0.4) is 0 Å². The van der Waals surface area contributed by atoms with Crippen molar-refractivity contribution in [2.24, 2.45) is 0 Å². The number of nitrogens with zero attached hydrogens (tertiary/aromatic N) is 1. The zero-order chi connectivity index (χ0) is 21.5. The molecule has 1 N–H and O–H groups in total. The molecular weight excluding hydrogens is 377 g/mol. The number of nitrogens with one attached hydrogen (secondary N) is 1. The zero-order valence-electron chi connectivity index (χ0n) is 18.4. The molecular formula is C23H37F3N2O. The van der Waals surface area contributed by atoms with Gasteiger partial charge in [-0.05, 0) is 83.9 Å². The number of halogens is 3. The van der Waals surface area contributed by atoms with Crippen LogP contribution in [-0.2, 0) is 16.3 Å². The molecule has 1 atom stereocenters. The summed E-state index contributed by atoms with van der Waals surface area (Å²) in [6, 6.07) is 5.91. The van der Waals surface area contributed by atoms with Crippen molar-refractivity contribution in [1.82, 2.24) is 10.2 Å². The van der Waals surface area contributed by atoms with Crippen LogP contribution in [-0.4, -0.2) is 49.8 Å². The summed E-state index contributed by atoms with van der Waals surface area (Å²) in [5, 5.41) is 3.51. The molecule has 1 saturated heterocycles. The Bertz CT molecular complexity index is 629.